The van der Waals surface area contributed by atoms with Crippen molar-refractivity contribution >= 4 is 17.1 Å². The monoisotopic (exact) mass is 179 g/mol. The van der Waals surface area contributed by atoms with E-state index < -0.39 is 0 Å². The normalized spacial score (nSPS) is 19.8. The Balaban J connectivity index is 2.38. The highest BCUT2D eigenvalue weighted by atomic mass is 16.5. The predicted molar refractivity (Wildman–Crippen MR) is 53.7 cm³/mol. The van der Waals surface area contributed by atoms with Crippen molar-refractivity contribution in [1.82, 2.24) is 0 Å². The molecule has 0 bridgehead atoms. The third-order valence-electron chi connectivity index (χ3n) is 2.25. The van der Waals surface area contributed by atoms with Gasteiger partial charge < -0.3 is 20.7 Å². The van der Waals surface area contributed by atoms with Crippen molar-refractivity contribution < 1.29 is 4.74 Å². The summed E-state index contributed by atoms with van der Waals surface area (Å²) in [7, 11) is 3.65. The molecule has 0 spiro atoms. The first-order valence-corrected chi connectivity index (χ1v) is 4.14. The average molecular weight is 179 g/mol. The number of methoxy groups -OCH3 is 1. The molecule has 0 fully saturated rings. The van der Waals surface area contributed by atoms with Crippen LogP contribution in [0, 0.1) is 0 Å². The van der Waals surface area contributed by atoms with E-state index >= 15 is 0 Å². The number of rotatable bonds is 1. The SMILES string of the molecule is COC1Nc2cc(N)ccc2N1C. The zero-order chi connectivity index (χ0) is 9.42. The molecule has 1 atom stereocenters. The number of nitrogens with zero attached hydrogens (tertiary/aromatic N) is 1. The van der Waals surface area contributed by atoms with E-state index in [0.29, 0.717) is 0 Å². The van der Waals surface area contributed by atoms with Crippen LogP contribution in [0.5, 0.6) is 0 Å². The largest absolute Gasteiger partial charge is 0.399 e. The number of anilines is 3. The molecule has 13 heavy (non-hydrogen) atoms. The van der Waals surface area contributed by atoms with Crippen LogP contribution in [-0.4, -0.2) is 20.5 Å². The van der Waals surface area contributed by atoms with Crippen LogP contribution in [0.25, 0.3) is 0 Å². The third kappa shape index (κ3) is 1.19. The van der Waals surface area contributed by atoms with E-state index in [0.717, 1.165) is 17.1 Å². The summed E-state index contributed by atoms with van der Waals surface area (Å²) in [6.45, 7) is 0. The van der Waals surface area contributed by atoms with E-state index in [9.17, 15) is 0 Å². The summed E-state index contributed by atoms with van der Waals surface area (Å²) in [5, 5.41) is 3.20. The van der Waals surface area contributed by atoms with Crippen LogP contribution >= 0.6 is 0 Å². The number of hydrogen-bond donors (Lipinski definition) is 2. The summed E-state index contributed by atoms with van der Waals surface area (Å²) in [5.74, 6) is 0. The molecule has 0 aromatic heterocycles. The first-order chi connectivity index (χ1) is 6.22. The molecule has 2 rings (SSSR count). The minimum Gasteiger partial charge on any atom is -0.399 e. The van der Waals surface area contributed by atoms with Gasteiger partial charge in [0.2, 0.25) is 6.35 Å². The molecule has 1 heterocycles. The zero-order valence-corrected chi connectivity index (χ0v) is 7.74. The van der Waals surface area contributed by atoms with Crippen molar-refractivity contribution in [1.29, 1.82) is 0 Å². The van der Waals surface area contributed by atoms with Crippen molar-refractivity contribution in [3.05, 3.63) is 18.2 Å². The van der Waals surface area contributed by atoms with Gasteiger partial charge in [-0.05, 0) is 18.2 Å². The van der Waals surface area contributed by atoms with Gasteiger partial charge in [0.25, 0.3) is 0 Å². The first-order valence-electron chi connectivity index (χ1n) is 4.14. The van der Waals surface area contributed by atoms with Crippen LogP contribution in [0.3, 0.4) is 0 Å². The van der Waals surface area contributed by atoms with Crippen molar-refractivity contribution in [2.75, 3.05) is 30.1 Å². The van der Waals surface area contributed by atoms with E-state index in [4.69, 9.17) is 10.5 Å². The predicted octanol–water partition coefficient (Wildman–Crippen LogP) is 1.06. The van der Waals surface area contributed by atoms with E-state index in [1.54, 1.807) is 7.11 Å². The maximum Gasteiger partial charge on any atom is 0.207 e. The van der Waals surface area contributed by atoms with E-state index in [1.165, 1.54) is 0 Å². The van der Waals surface area contributed by atoms with Gasteiger partial charge in [0.1, 0.15) is 0 Å². The minimum absolute atomic E-state index is 0.0863. The van der Waals surface area contributed by atoms with Crippen molar-refractivity contribution in [3.8, 4) is 0 Å². The number of fused-ring (bicyclic) bond motifs is 1. The maximum absolute atomic E-state index is 5.66. The van der Waals surface area contributed by atoms with Crippen LogP contribution in [0.2, 0.25) is 0 Å². The van der Waals surface area contributed by atoms with Gasteiger partial charge in [-0.1, -0.05) is 0 Å². The molecule has 0 saturated heterocycles. The molecule has 4 heteroatoms. The second kappa shape index (κ2) is 2.81. The fraction of sp³-hybridized carbons (Fsp3) is 0.333. The lowest BCUT2D eigenvalue weighted by Crippen LogP contribution is -2.33. The fourth-order valence-corrected chi connectivity index (χ4v) is 1.55. The van der Waals surface area contributed by atoms with Gasteiger partial charge in [0.05, 0.1) is 11.4 Å². The first kappa shape index (κ1) is 8.19. The van der Waals surface area contributed by atoms with E-state index in [2.05, 4.69) is 5.32 Å². The fourth-order valence-electron chi connectivity index (χ4n) is 1.55. The minimum atomic E-state index is -0.0863. The Bertz CT molecular complexity index is 327. The highest BCUT2D eigenvalue weighted by Gasteiger charge is 2.24. The quantitative estimate of drug-likeness (QED) is 0.633. The second-order valence-corrected chi connectivity index (χ2v) is 3.12. The molecule has 4 nitrogen and oxygen atoms in total. The smallest absolute Gasteiger partial charge is 0.207 e. The van der Waals surface area contributed by atoms with Gasteiger partial charge in [-0.25, -0.2) is 0 Å². The molecular formula is C9H13N3O. The lowest BCUT2D eigenvalue weighted by atomic mass is 10.2. The van der Waals surface area contributed by atoms with Crippen LogP contribution in [0.1, 0.15) is 0 Å². The maximum atomic E-state index is 5.66. The van der Waals surface area contributed by atoms with Crippen molar-refractivity contribution in [2.45, 2.75) is 6.35 Å². The summed E-state index contributed by atoms with van der Waals surface area (Å²) in [6, 6.07) is 5.77. The Kier molecular flexibility index (Phi) is 1.77. The van der Waals surface area contributed by atoms with Crippen LogP contribution in [0.4, 0.5) is 17.1 Å². The molecule has 1 aromatic carbocycles. The number of nitrogens with two attached hydrogens (primary N) is 1. The summed E-state index contributed by atoms with van der Waals surface area (Å²) in [6.07, 6.45) is -0.0863. The summed E-state index contributed by atoms with van der Waals surface area (Å²) in [4.78, 5) is 2.02. The summed E-state index contributed by atoms with van der Waals surface area (Å²) >= 11 is 0. The molecule has 3 N–H and O–H groups in total. The lowest BCUT2D eigenvalue weighted by molar-refractivity contribution is 0.131. The second-order valence-electron chi connectivity index (χ2n) is 3.12. The Morgan fingerprint density at radius 1 is 1.54 bits per heavy atom. The van der Waals surface area contributed by atoms with Crippen molar-refractivity contribution in [3.63, 3.8) is 0 Å². The van der Waals surface area contributed by atoms with Crippen molar-refractivity contribution in [2.24, 2.45) is 0 Å². The number of ether oxygens (including phenoxy) is 1. The van der Waals surface area contributed by atoms with Crippen LogP contribution in [0.15, 0.2) is 18.2 Å². The Labute approximate surface area is 77.3 Å². The van der Waals surface area contributed by atoms with Gasteiger partial charge >= 0.3 is 0 Å². The molecule has 1 aliphatic rings. The molecular weight excluding hydrogens is 166 g/mol. The number of nitrogen functional groups attached to an aromatic ring is 1. The molecule has 1 unspecified atom stereocenters. The number of hydrogen-bond acceptors (Lipinski definition) is 4. The Morgan fingerprint density at radius 3 is 3.00 bits per heavy atom. The van der Waals surface area contributed by atoms with Gasteiger partial charge in [-0.2, -0.15) is 0 Å². The highest BCUT2D eigenvalue weighted by molar-refractivity contribution is 5.78. The van der Waals surface area contributed by atoms with Gasteiger partial charge in [-0.15, -0.1) is 0 Å². The van der Waals surface area contributed by atoms with Gasteiger partial charge in [0.15, 0.2) is 0 Å². The number of benzene rings is 1. The molecule has 0 amide bonds. The molecule has 0 saturated carbocycles. The Morgan fingerprint density at radius 2 is 2.31 bits per heavy atom. The summed E-state index contributed by atoms with van der Waals surface area (Å²) in [5.41, 5.74) is 8.56. The van der Waals surface area contributed by atoms with E-state index in [1.807, 2.05) is 30.1 Å². The average Bonchev–Trinajstić information content (AvgIpc) is 2.42. The zero-order valence-electron chi connectivity index (χ0n) is 7.74. The Hall–Kier alpha value is -1.42. The van der Waals surface area contributed by atoms with Crippen LogP contribution in [-0.2, 0) is 4.74 Å². The molecule has 70 valence electrons. The summed E-state index contributed by atoms with van der Waals surface area (Å²) < 4.78 is 5.22. The van der Waals surface area contributed by atoms with Gasteiger partial charge in [-0.3, -0.25) is 0 Å². The topological polar surface area (TPSA) is 50.5 Å². The highest BCUT2D eigenvalue weighted by Crippen LogP contribution is 2.34. The molecule has 0 radical (unpaired) electrons. The molecule has 0 aliphatic carbocycles. The lowest BCUT2D eigenvalue weighted by Gasteiger charge is -2.19. The van der Waals surface area contributed by atoms with Gasteiger partial charge in [0, 0.05) is 19.8 Å². The molecule has 1 aromatic rings. The number of nitrogens with one attached hydrogen (secondary N) is 1. The third-order valence-corrected chi connectivity index (χ3v) is 2.25. The standard InChI is InChI=1S/C9H13N3O/c1-12-8-4-3-6(10)5-7(8)11-9(12)13-2/h3-5,9,11H,10H2,1-2H3. The molecule has 1 aliphatic heterocycles. The van der Waals surface area contributed by atoms with E-state index in [-0.39, 0.29) is 6.35 Å². The van der Waals surface area contributed by atoms with Crippen LogP contribution < -0.4 is 16.0 Å².